The highest BCUT2D eigenvalue weighted by molar-refractivity contribution is 7.89. The highest BCUT2D eigenvalue weighted by Crippen LogP contribution is 2.25. The van der Waals surface area contributed by atoms with Gasteiger partial charge in [0.15, 0.2) is 0 Å². The molecule has 1 saturated heterocycles. The van der Waals surface area contributed by atoms with E-state index in [1.807, 2.05) is 18.2 Å². The fourth-order valence-electron chi connectivity index (χ4n) is 2.54. The molecule has 1 amide bonds. The molecule has 122 valence electrons. The molecule has 3 rings (SSSR count). The van der Waals surface area contributed by atoms with Crippen LogP contribution in [0.25, 0.3) is 0 Å². The average molecular weight is 350 g/mol. The van der Waals surface area contributed by atoms with Crippen molar-refractivity contribution in [2.45, 2.75) is 24.2 Å². The maximum atomic E-state index is 12.6. The summed E-state index contributed by atoms with van der Waals surface area (Å²) in [6.45, 7) is 1.12. The molecule has 0 unspecified atom stereocenters. The Morgan fingerprint density at radius 3 is 2.48 bits per heavy atom. The lowest BCUT2D eigenvalue weighted by Crippen LogP contribution is -2.35. The van der Waals surface area contributed by atoms with E-state index in [0.29, 0.717) is 23.7 Å². The van der Waals surface area contributed by atoms with E-state index in [1.165, 1.54) is 10.4 Å². The molecule has 2 heterocycles. The first-order valence-electron chi connectivity index (χ1n) is 7.52. The van der Waals surface area contributed by atoms with Crippen molar-refractivity contribution in [2.75, 3.05) is 18.4 Å². The highest BCUT2D eigenvalue weighted by Gasteiger charge is 2.27. The number of piperidine rings is 1. The van der Waals surface area contributed by atoms with Gasteiger partial charge in [0.25, 0.3) is 5.91 Å². The van der Waals surface area contributed by atoms with Gasteiger partial charge in [0.2, 0.25) is 10.0 Å². The zero-order valence-electron chi connectivity index (χ0n) is 12.6. The lowest BCUT2D eigenvalue weighted by Gasteiger charge is -2.25. The van der Waals surface area contributed by atoms with E-state index >= 15 is 0 Å². The van der Waals surface area contributed by atoms with Crippen LogP contribution in [0.4, 0.5) is 5.69 Å². The molecule has 0 atom stereocenters. The molecule has 0 bridgehead atoms. The first-order valence-corrected chi connectivity index (χ1v) is 9.84. The Morgan fingerprint density at radius 2 is 1.78 bits per heavy atom. The molecule has 2 aromatic rings. The van der Waals surface area contributed by atoms with Gasteiger partial charge in [0, 0.05) is 24.2 Å². The molecule has 23 heavy (non-hydrogen) atoms. The molecular weight excluding hydrogens is 332 g/mol. The smallest absolute Gasteiger partial charge is 0.265 e. The number of hydrogen-bond acceptors (Lipinski definition) is 4. The summed E-state index contributed by atoms with van der Waals surface area (Å²) in [5.41, 5.74) is 0.686. The lowest BCUT2D eigenvalue weighted by molar-refractivity contribution is 0.103. The molecule has 0 radical (unpaired) electrons. The molecule has 1 aliphatic heterocycles. The van der Waals surface area contributed by atoms with Crippen molar-refractivity contribution in [1.29, 1.82) is 0 Å². The van der Waals surface area contributed by atoms with Gasteiger partial charge in [-0.05, 0) is 31.0 Å². The number of para-hydroxylation sites is 1. The van der Waals surface area contributed by atoms with Crippen LogP contribution in [0.2, 0.25) is 0 Å². The lowest BCUT2D eigenvalue weighted by atomic mass is 10.2. The number of benzene rings is 1. The number of anilines is 1. The largest absolute Gasteiger partial charge is 0.321 e. The minimum absolute atomic E-state index is 0.211. The van der Waals surface area contributed by atoms with E-state index < -0.39 is 10.0 Å². The number of nitrogens with one attached hydrogen (secondary N) is 1. The van der Waals surface area contributed by atoms with Crippen LogP contribution in [0.1, 0.15) is 28.9 Å². The van der Waals surface area contributed by atoms with Gasteiger partial charge in [-0.3, -0.25) is 4.79 Å². The molecule has 1 fully saturated rings. The topological polar surface area (TPSA) is 66.5 Å². The fourth-order valence-corrected chi connectivity index (χ4v) is 5.22. The first kappa shape index (κ1) is 16.2. The number of nitrogens with zero attached hydrogens (tertiary/aromatic N) is 1. The van der Waals surface area contributed by atoms with Crippen LogP contribution < -0.4 is 5.32 Å². The molecule has 1 aliphatic rings. The summed E-state index contributed by atoms with van der Waals surface area (Å²) in [6, 6.07) is 10.6. The third-order valence-electron chi connectivity index (χ3n) is 3.78. The summed E-state index contributed by atoms with van der Waals surface area (Å²) in [7, 11) is -3.48. The predicted molar refractivity (Wildman–Crippen MR) is 91.3 cm³/mol. The van der Waals surface area contributed by atoms with Gasteiger partial charge in [-0.2, -0.15) is 4.31 Å². The van der Waals surface area contributed by atoms with Gasteiger partial charge in [-0.25, -0.2) is 8.42 Å². The quantitative estimate of drug-likeness (QED) is 0.921. The monoisotopic (exact) mass is 350 g/mol. The van der Waals surface area contributed by atoms with Crippen molar-refractivity contribution in [3.63, 3.8) is 0 Å². The molecule has 1 aromatic carbocycles. The number of carbonyl (C=O) groups excluding carboxylic acids is 1. The Morgan fingerprint density at radius 1 is 1.09 bits per heavy atom. The van der Waals surface area contributed by atoms with Crippen LogP contribution in [0.3, 0.4) is 0 Å². The van der Waals surface area contributed by atoms with E-state index in [0.717, 1.165) is 30.6 Å². The molecule has 0 aliphatic carbocycles. The van der Waals surface area contributed by atoms with Gasteiger partial charge >= 0.3 is 0 Å². The number of rotatable bonds is 4. The number of carbonyl (C=O) groups is 1. The SMILES string of the molecule is O=C(Nc1ccccc1)c1cc(S(=O)(=O)N2CCCCC2)cs1. The number of amides is 1. The van der Waals surface area contributed by atoms with Gasteiger partial charge in [-0.15, -0.1) is 11.3 Å². The van der Waals surface area contributed by atoms with Crippen molar-refractivity contribution in [2.24, 2.45) is 0 Å². The average Bonchev–Trinajstić information content (AvgIpc) is 3.07. The van der Waals surface area contributed by atoms with Gasteiger partial charge in [0.1, 0.15) is 0 Å². The Hall–Kier alpha value is -1.70. The summed E-state index contributed by atoms with van der Waals surface area (Å²) in [5, 5.41) is 4.31. The van der Waals surface area contributed by atoms with Gasteiger partial charge in [0.05, 0.1) is 9.77 Å². The summed E-state index contributed by atoms with van der Waals surface area (Å²) in [4.78, 5) is 12.8. The second-order valence-electron chi connectivity index (χ2n) is 5.43. The predicted octanol–water partition coefficient (Wildman–Crippen LogP) is 3.18. The van der Waals surface area contributed by atoms with E-state index in [9.17, 15) is 13.2 Å². The number of thiophene rings is 1. The third-order valence-corrected chi connectivity index (χ3v) is 6.74. The zero-order valence-corrected chi connectivity index (χ0v) is 14.2. The van der Waals surface area contributed by atoms with Crippen molar-refractivity contribution in [3.8, 4) is 0 Å². The van der Waals surface area contributed by atoms with Crippen LogP contribution in [-0.4, -0.2) is 31.7 Å². The Labute approximate surface area is 140 Å². The molecule has 1 N–H and O–H groups in total. The normalized spacial score (nSPS) is 16.2. The summed E-state index contributed by atoms with van der Waals surface area (Å²) >= 11 is 1.15. The fraction of sp³-hybridized carbons (Fsp3) is 0.312. The second-order valence-corrected chi connectivity index (χ2v) is 8.28. The molecule has 1 aromatic heterocycles. The minimum atomic E-state index is -3.48. The standard InChI is InChI=1S/C16H18N2O3S2/c19-16(17-13-7-3-1-4-8-13)15-11-14(12-22-15)23(20,21)18-9-5-2-6-10-18/h1,3-4,7-8,11-12H,2,5-6,9-10H2,(H,17,19). The molecular formula is C16H18N2O3S2. The van der Waals surface area contributed by atoms with Crippen LogP contribution in [-0.2, 0) is 10.0 Å². The van der Waals surface area contributed by atoms with Crippen LogP contribution in [0.15, 0.2) is 46.7 Å². The van der Waals surface area contributed by atoms with Crippen molar-refractivity contribution in [1.82, 2.24) is 4.31 Å². The van der Waals surface area contributed by atoms with E-state index in [1.54, 1.807) is 17.5 Å². The van der Waals surface area contributed by atoms with Crippen LogP contribution in [0.5, 0.6) is 0 Å². The van der Waals surface area contributed by atoms with Gasteiger partial charge in [-0.1, -0.05) is 24.6 Å². The minimum Gasteiger partial charge on any atom is -0.321 e. The van der Waals surface area contributed by atoms with Crippen molar-refractivity contribution < 1.29 is 13.2 Å². The Kier molecular flexibility index (Phi) is 4.79. The Balaban J connectivity index is 1.76. The molecule has 0 saturated carbocycles. The Bertz CT molecular complexity index is 779. The number of hydrogen-bond donors (Lipinski definition) is 1. The summed E-state index contributed by atoms with van der Waals surface area (Å²) in [6.07, 6.45) is 2.86. The third kappa shape index (κ3) is 3.63. The summed E-state index contributed by atoms with van der Waals surface area (Å²) < 4.78 is 26.7. The van der Waals surface area contributed by atoms with Crippen molar-refractivity contribution in [3.05, 3.63) is 46.7 Å². The van der Waals surface area contributed by atoms with Crippen LogP contribution >= 0.6 is 11.3 Å². The second kappa shape index (κ2) is 6.82. The molecule has 7 heteroatoms. The summed E-state index contributed by atoms with van der Waals surface area (Å²) in [5.74, 6) is -0.290. The molecule has 5 nitrogen and oxygen atoms in total. The van der Waals surface area contributed by atoms with E-state index in [4.69, 9.17) is 0 Å². The molecule has 0 spiro atoms. The van der Waals surface area contributed by atoms with Crippen LogP contribution in [0, 0.1) is 0 Å². The number of sulfonamides is 1. The first-order chi connectivity index (χ1) is 11.1. The van der Waals surface area contributed by atoms with Crippen molar-refractivity contribution >= 4 is 33.0 Å². The van der Waals surface area contributed by atoms with E-state index in [2.05, 4.69) is 5.32 Å². The van der Waals surface area contributed by atoms with E-state index in [-0.39, 0.29) is 10.8 Å². The maximum absolute atomic E-state index is 12.6. The zero-order chi connectivity index (χ0) is 16.3. The maximum Gasteiger partial charge on any atom is 0.265 e. The van der Waals surface area contributed by atoms with Gasteiger partial charge < -0.3 is 5.32 Å². The highest BCUT2D eigenvalue weighted by atomic mass is 32.2.